The summed E-state index contributed by atoms with van der Waals surface area (Å²) in [5, 5.41) is 30.5. The van der Waals surface area contributed by atoms with Crippen LogP contribution >= 0.6 is 0 Å². The third-order valence-electron chi connectivity index (χ3n) is 7.55. The van der Waals surface area contributed by atoms with Crippen LogP contribution in [0.3, 0.4) is 0 Å². The number of rotatable bonds is 9. The van der Waals surface area contributed by atoms with Crippen molar-refractivity contribution >= 4 is 27.3 Å². The fourth-order valence-corrected chi connectivity index (χ4v) is 6.42. The van der Waals surface area contributed by atoms with Crippen molar-refractivity contribution in [3.8, 4) is 22.6 Å². The van der Waals surface area contributed by atoms with E-state index in [9.17, 15) is 18.6 Å². The number of pyridine rings is 2. The van der Waals surface area contributed by atoms with Crippen molar-refractivity contribution in [3.05, 3.63) is 60.8 Å². The summed E-state index contributed by atoms with van der Waals surface area (Å²) in [7, 11) is -3.48. The van der Waals surface area contributed by atoms with Crippen molar-refractivity contribution in [2.24, 2.45) is 0 Å². The quantitative estimate of drug-likeness (QED) is 0.230. The molecule has 4 aromatic heterocycles. The highest BCUT2D eigenvalue weighted by Gasteiger charge is 2.37. The van der Waals surface area contributed by atoms with Gasteiger partial charge in [-0.15, -0.1) is 0 Å². The van der Waals surface area contributed by atoms with Crippen molar-refractivity contribution in [1.29, 1.82) is 0 Å². The smallest absolute Gasteiger partial charge is 0.256 e. The predicted octanol–water partition coefficient (Wildman–Crippen LogP) is 3.48. The lowest BCUT2D eigenvalue weighted by molar-refractivity contribution is 0.0196. The van der Waals surface area contributed by atoms with Gasteiger partial charge in [-0.1, -0.05) is 0 Å². The number of hydrogen-bond acceptors (Lipinski definition) is 11. The molecule has 2 aliphatic carbocycles. The maximum absolute atomic E-state index is 12.5. The largest absolute Gasteiger partial charge is 0.392 e. The zero-order valence-electron chi connectivity index (χ0n) is 22.6. The van der Waals surface area contributed by atoms with Gasteiger partial charge in [0.1, 0.15) is 11.6 Å². The predicted molar refractivity (Wildman–Crippen MR) is 154 cm³/mol. The highest BCUT2D eigenvalue weighted by atomic mass is 32.2. The van der Waals surface area contributed by atoms with E-state index in [4.69, 9.17) is 0 Å². The molecule has 13 heteroatoms. The Morgan fingerprint density at radius 2 is 1.80 bits per heavy atom. The highest BCUT2D eigenvalue weighted by molar-refractivity contribution is 7.90. The molecule has 0 radical (unpaired) electrons. The standard InChI is InChI=1S/C28H32N8O4S/c1-28(38)8-4-20(5-9-28)33-24-13-26(31-15-22(24)23-12-18(17-37)6-10-29-23)34-25-7-11-30-27(35-25)19-14-32-36(16-19)41(39,40)21-2-3-21/h6-7,10-16,20-21,37-38H,2-5,8-9,17H2,1H3,(H2,30,31,33,34,35). The monoisotopic (exact) mass is 576 g/mol. The number of aromatic nitrogens is 6. The summed E-state index contributed by atoms with van der Waals surface area (Å²) in [5.41, 5.74) is 2.88. The van der Waals surface area contributed by atoms with E-state index in [1.807, 2.05) is 19.1 Å². The molecule has 214 valence electrons. The molecule has 2 saturated carbocycles. The Morgan fingerprint density at radius 3 is 2.56 bits per heavy atom. The number of nitrogens with one attached hydrogen (secondary N) is 2. The zero-order chi connectivity index (χ0) is 28.6. The maximum atomic E-state index is 12.5. The summed E-state index contributed by atoms with van der Waals surface area (Å²) in [5.74, 6) is 1.35. The molecule has 0 amide bonds. The van der Waals surface area contributed by atoms with E-state index in [0.29, 0.717) is 54.4 Å². The molecule has 0 atom stereocenters. The first-order valence-electron chi connectivity index (χ1n) is 13.6. The molecule has 41 heavy (non-hydrogen) atoms. The van der Waals surface area contributed by atoms with Crippen LogP contribution in [0.5, 0.6) is 0 Å². The third-order valence-corrected chi connectivity index (χ3v) is 9.58. The molecular weight excluding hydrogens is 544 g/mol. The van der Waals surface area contributed by atoms with Gasteiger partial charge in [-0.25, -0.2) is 23.4 Å². The lowest BCUT2D eigenvalue weighted by Gasteiger charge is -2.34. The summed E-state index contributed by atoms with van der Waals surface area (Å²) < 4.78 is 26.1. The van der Waals surface area contributed by atoms with Crippen molar-refractivity contribution in [3.63, 3.8) is 0 Å². The van der Waals surface area contributed by atoms with E-state index in [1.54, 1.807) is 30.7 Å². The van der Waals surface area contributed by atoms with Crippen LogP contribution in [0.4, 0.5) is 17.3 Å². The van der Waals surface area contributed by atoms with Gasteiger partial charge in [-0.05, 0) is 69.2 Å². The molecule has 12 nitrogen and oxygen atoms in total. The molecule has 6 rings (SSSR count). The Kier molecular flexibility index (Phi) is 7.18. The Balaban J connectivity index is 1.27. The van der Waals surface area contributed by atoms with Crippen LogP contribution in [-0.4, -0.2) is 64.6 Å². The zero-order valence-corrected chi connectivity index (χ0v) is 23.4. The second-order valence-electron chi connectivity index (χ2n) is 11.0. The number of aliphatic hydroxyl groups excluding tert-OH is 1. The third kappa shape index (κ3) is 6.06. The van der Waals surface area contributed by atoms with E-state index >= 15 is 0 Å². The molecule has 2 fully saturated rings. The van der Waals surface area contributed by atoms with Crippen LogP contribution in [0.1, 0.15) is 51.0 Å². The average molecular weight is 577 g/mol. The van der Waals surface area contributed by atoms with Gasteiger partial charge < -0.3 is 20.8 Å². The van der Waals surface area contributed by atoms with Gasteiger partial charge in [-0.3, -0.25) is 4.98 Å². The normalized spacial score (nSPS) is 21.0. The molecule has 0 aliphatic heterocycles. The first-order valence-corrected chi connectivity index (χ1v) is 15.2. The molecule has 2 aliphatic rings. The van der Waals surface area contributed by atoms with E-state index in [1.165, 1.54) is 12.4 Å². The van der Waals surface area contributed by atoms with Crippen LogP contribution < -0.4 is 10.6 Å². The van der Waals surface area contributed by atoms with Crippen molar-refractivity contribution < 1.29 is 18.6 Å². The number of hydrogen-bond donors (Lipinski definition) is 4. The lowest BCUT2D eigenvalue weighted by atomic mass is 9.83. The minimum Gasteiger partial charge on any atom is -0.392 e. The van der Waals surface area contributed by atoms with Crippen LogP contribution in [-0.2, 0) is 16.6 Å². The fraction of sp³-hybridized carbons (Fsp3) is 0.393. The molecule has 0 aromatic carbocycles. The Morgan fingerprint density at radius 1 is 1.02 bits per heavy atom. The summed E-state index contributed by atoms with van der Waals surface area (Å²) in [6.45, 7) is 1.78. The second kappa shape index (κ2) is 10.8. The lowest BCUT2D eigenvalue weighted by Crippen LogP contribution is -2.35. The topological polar surface area (TPSA) is 168 Å². The maximum Gasteiger partial charge on any atom is 0.256 e. The molecule has 0 saturated heterocycles. The minimum atomic E-state index is -3.48. The SMILES string of the molecule is CC1(O)CCC(Nc2cc(Nc3ccnc(-c4cnn(S(=O)(=O)C5CC5)c4)n3)ncc2-c2cc(CO)ccn2)CC1. The van der Waals surface area contributed by atoms with Gasteiger partial charge in [0, 0.05) is 41.9 Å². The van der Waals surface area contributed by atoms with E-state index in [0.717, 1.165) is 33.7 Å². The van der Waals surface area contributed by atoms with Crippen LogP contribution in [0.15, 0.2) is 55.2 Å². The molecule has 4 heterocycles. The van der Waals surface area contributed by atoms with Gasteiger partial charge in [-0.2, -0.15) is 9.19 Å². The Labute approximate surface area is 238 Å². The van der Waals surface area contributed by atoms with Gasteiger partial charge in [0.15, 0.2) is 5.82 Å². The van der Waals surface area contributed by atoms with E-state index in [2.05, 4.69) is 35.7 Å². The van der Waals surface area contributed by atoms with E-state index in [-0.39, 0.29) is 17.9 Å². The first-order chi connectivity index (χ1) is 19.7. The second-order valence-corrected chi connectivity index (χ2v) is 13.0. The minimum absolute atomic E-state index is 0.0927. The molecular formula is C28H32N8O4S. The highest BCUT2D eigenvalue weighted by Crippen LogP contribution is 2.34. The molecule has 4 aromatic rings. The van der Waals surface area contributed by atoms with Crippen molar-refractivity contribution in [1.82, 2.24) is 29.1 Å². The Bertz CT molecular complexity index is 1660. The van der Waals surface area contributed by atoms with E-state index < -0.39 is 15.6 Å². The number of aliphatic hydroxyl groups is 2. The molecule has 4 N–H and O–H groups in total. The average Bonchev–Trinajstić information content (AvgIpc) is 3.71. The number of nitrogens with zero attached hydrogens (tertiary/aromatic N) is 6. The van der Waals surface area contributed by atoms with Crippen molar-refractivity contribution in [2.45, 2.75) is 68.9 Å². The van der Waals surface area contributed by atoms with Gasteiger partial charge in [0.05, 0.1) is 41.1 Å². The molecule has 0 spiro atoms. The summed E-state index contributed by atoms with van der Waals surface area (Å²) in [4.78, 5) is 18.0. The van der Waals surface area contributed by atoms with Gasteiger partial charge in [0.25, 0.3) is 10.0 Å². The molecule has 0 bridgehead atoms. The van der Waals surface area contributed by atoms with Crippen LogP contribution in [0, 0.1) is 0 Å². The Hall–Kier alpha value is -3.94. The fourth-order valence-electron chi connectivity index (χ4n) is 4.95. The van der Waals surface area contributed by atoms with Crippen LogP contribution in [0.25, 0.3) is 22.6 Å². The van der Waals surface area contributed by atoms with Gasteiger partial charge >= 0.3 is 0 Å². The number of anilines is 3. The summed E-state index contributed by atoms with van der Waals surface area (Å²) in [6, 6.07) is 7.35. The van der Waals surface area contributed by atoms with Crippen molar-refractivity contribution in [2.75, 3.05) is 10.6 Å². The van der Waals surface area contributed by atoms with Crippen LogP contribution in [0.2, 0.25) is 0 Å². The first kappa shape index (κ1) is 27.2. The molecule has 0 unspecified atom stereocenters. The summed E-state index contributed by atoms with van der Waals surface area (Å²) in [6.07, 6.45) is 12.2. The summed E-state index contributed by atoms with van der Waals surface area (Å²) >= 11 is 0. The van der Waals surface area contributed by atoms with Gasteiger partial charge in [0.2, 0.25) is 0 Å².